The molecule has 2 aromatic rings. The fourth-order valence-electron chi connectivity index (χ4n) is 3.02. The number of hydrogen-bond donors (Lipinski definition) is 1. The molecule has 0 aliphatic carbocycles. The Hall–Kier alpha value is -2.18. The topological polar surface area (TPSA) is 66.5 Å². The molecular formula is C21H28N2O3S. The fourth-order valence-corrected chi connectivity index (χ4v) is 4.28. The van der Waals surface area contributed by atoms with Crippen LogP contribution in [0, 0.1) is 6.92 Å². The van der Waals surface area contributed by atoms with Gasteiger partial charge in [0.2, 0.25) is 15.9 Å². The Kier molecular flexibility index (Phi) is 6.44. The standard InChI is InChI=1S/C21H28N2O3S/c1-16-10-6-9-13-20(16)27(25,26)22-14-15-23(17(2)24)19-12-8-7-11-18(19)21(3,4)5/h6-13,22H,14-15H2,1-5H3. The summed E-state index contributed by atoms with van der Waals surface area (Å²) in [7, 11) is -3.62. The van der Waals surface area contributed by atoms with Gasteiger partial charge in [-0.05, 0) is 35.6 Å². The second kappa shape index (κ2) is 8.23. The Morgan fingerprint density at radius 3 is 2.22 bits per heavy atom. The summed E-state index contributed by atoms with van der Waals surface area (Å²) >= 11 is 0. The van der Waals surface area contributed by atoms with Crippen LogP contribution in [-0.4, -0.2) is 27.4 Å². The van der Waals surface area contributed by atoms with Gasteiger partial charge in [-0.2, -0.15) is 0 Å². The summed E-state index contributed by atoms with van der Waals surface area (Å²) in [5.74, 6) is -0.123. The molecular weight excluding hydrogens is 360 g/mol. The highest BCUT2D eigenvalue weighted by Crippen LogP contribution is 2.31. The van der Waals surface area contributed by atoms with Crippen LogP contribution in [0.1, 0.15) is 38.8 Å². The zero-order valence-corrected chi connectivity index (χ0v) is 17.4. The number of hydrogen-bond acceptors (Lipinski definition) is 3. The third kappa shape index (κ3) is 5.17. The number of nitrogens with one attached hydrogen (secondary N) is 1. The smallest absolute Gasteiger partial charge is 0.240 e. The van der Waals surface area contributed by atoms with Gasteiger partial charge in [0.15, 0.2) is 0 Å². The third-order valence-electron chi connectivity index (χ3n) is 4.39. The molecule has 1 amide bonds. The number of nitrogens with zero attached hydrogens (tertiary/aromatic N) is 1. The van der Waals surface area contributed by atoms with Crippen molar-refractivity contribution < 1.29 is 13.2 Å². The maximum absolute atomic E-state index is 12.6. The highest BCUT2D eigenvalue weighted by atomic mass is 32.2. The first-order valence-electron chi connectivity index (χ1n) is 8.97. The van der Waals surface area contributed by atoms with E-state index in [1.165, 1.54) is 6.92 Å². The van der Waals surface area contributed by atoms with Gasteiger partial charge in [0.1, 0.15) is 0 Å². The van der Waals surface area contributed by atoms with E-state index in [1.807, 2.05) is 24.3 Å². The van der Waals surface area contributed by atoms with Crippen LogP contribution in [0.25, 0.3) is 0 Å². The molecule has 0 saturated carbocycles. The van der Waals surface area contributed by atoms with Crippen molar-refractivity contribution in [2.24, 2.45) is 0 Å². The maximum Gasteiger partial charge on any atom is 0.240 e. The van der Waals surface area contributed by atoms with Gasteiger partial charge < -0.3 is 4.90 Å². The summed E-state index contributed by atoms with van der Waals surface area (Å²) in [5, 5.41) is 0. The predicted molar refractivity (Wildman–Crippen MR) is 110 cm³/mol. The second-order valence-corrected chi connectivity index (χ2v) is 9.34. The van der Waals surface area contributed by atoms with E-state index in [0.717, 1.165) is 11.3 Å². The van der Waals surface area contributed by atoms with Gasteiger partial charge in [-0.1, -0.05) is 57.2 Å². The van der Waals surface area contributed by atoms with Crippen LogP contribution < -0.4 is 9.62 Å². The van der Waals surface area contributed by atoms with E-state index in [1.54, 1.807) is 36.1 Å². The largest absolute Gasteiger partial charge is 0.311 e. The zero-order chi connectivity index (χ0) is 20.2. The minimum Gasteiger partial charge on any atom is -0.311 e. The molecule has 2 aromatic carbocycles. The van der Waals surface area contributed by atoms with Crippen LogP contribution in [0.2, 0.25) is 0 Å². The van der Waals surface area contributed by atoms with Crippen LogP contribution in [-0.2, 0) is 20.2 Å². The molecule has 0 spiro atoms. The maximum atomic E-state index is 12.6. The molecule has 0 aromatic heterocycles. The summed E-state index contributed by atoms with van der Waals surface area (Å²) in [4.78, 5) is 14.1. The molecule has 0 heterocycles. The number of para-hydroxylation sites is 1. The molecule has 0 bridgehead atoms. The summed E-state index contributed by atoms with van der Waals surface area (Å²) in [6, 6.07) is 14.6. The van der Waals surface area contributed by atoms with Crippen molar-refractivity contribution in [2.75, 3.05) is 18.0 Å². The summed E-state index contributed by atoms with van der Waals surface area (Å²) < 4.78 is 27.7. The number of sulfonamides is 1. The van der Waals surface area contributed by atoms with E-state index in [2.05, 4.69) is 25.5 Å². The first-order chi connectivity index (χ1) is 12.5. The molecule has 6 heteroatoms. The van der Waals surface area contributed by atoms with Gasteiger partial charge in [-0.3, -0.25) is 4.79 Å². The highest BCUT2D eigenvalue weighted by Gasteiger charge is 2.23. The molecule has 0 radical (unpaired) electrons. The number of aryl methyl sites for hydroxylation is 1. The van der Waals surface area contributed by atoms with Gasteiger partial charge in [0.25, 0.3) is 0 Å². The summed E-state index contributed by atoms with van der Waals surface area (Å²) in [5.41, 5.74) is 2.41. The molecule has 2 rings (SSSR count). The average Bonchev–Trinajstić information content (AvgIpc) is 2.58. The number of anilines is 1. The van der Waals surface area contributed by atoms with Crippen molar-refractivity contribution >= 4 is 21.6 Å². The van der Waals surface area contributed by atoms with Gasteiger partial charge in [-0.15, -0.1) is 0 Å². The van der Waals surface area contributed by atoms with Crippen LogP contribution in [0.4, 0.5) is 5.69 Å². The molecule has 27 heavy (non-hydrogen) atoms. The monoisotopic (exact) mass is 388 g/mol. The molecule has 0 aliphatic heterocycles. The van der Waals surface area contributed by atoms with E-state index < -0.39 is 10.0 Å². The quantitative estimate of drug-likeness (QED) is 0.822. The number of carbonyl (C=O) groups is 1. The van der Waals surface area contributed by atoms with Gasteiger partial charge >= 0.3 is 0 Å². The van der Waals surface area contributed by atoms with E-state index in [4.69, 9.17) is 0 Å². The number of amides is 1. The Morgan fingerprint density at radius 2 is 1.63 bits per heavy atom. The summed E-state index contributed by atoms with van der Waals surface area (Å²) in [6.45, 7) is 9.91. The van der Waals surface area contributed by atoms with Crippen molar-refractivity contribution in [2.45, 2.75) is 44.9 Å². The Balaban J connectivity index is 2.20. The van der Waals surface area contributed by atoms with Crippen molar-refractivity contribution in [3.8, 4) is 0 Å². The number of carbonyl (C=O) groups excluding carboxylic acids is 1. The predicted octanol–water partition coefficient (Wildman–Crippen LogP) is 3.62. The van der Waals surface area contributed by atoms with Gasteiger partial charge in [0, 0.05) is 25.7 Å². The Morgan fingerprint density at radius 1 is 1.04 bits per heavy atom. The normalized spacial score (nSPS) is 12.0. The molecule has 0 unspecified atom stereocenters. The van der Waals surface area contributed by atoms with Gasteiger partial charge in [0.05, 0.1) is 4.90 Å². The second-order valence-electron chi connectivity index (χ2n) is 7.60. The fraction of sp³-hybridized carbons (Fsp3) is 0.381. The lowest BCUT2D eigenvalue weighted by atomic mass is 9.85. The summed E-state index contributed by atoms with van der Waals surface area (Å²) in [6.07, 6.45) is 0. The van der Waals surface area contributed by atoms with Crippen LogP contribution >= 0.6 is 0 Å². The van der Waals surface area contributed by atoms with E-state index in [0.29, 0.717) is 5.56 Å². The molecule has 1 N–H and O–H groups in total. The van der Waals surface area contributed by atoms with Gasteiger partial charge in [-0.25, -0.2) is 13.1 Å². The number of benzene rings is 2. The third-order valence-corrected chi connectivity index (χ3v) is 6.01. The van der Waals surface area contributed by atoms with Crippen LogP contribution in [0.5, 0.6) is 0 Å². The Labute approximate surface area is 162 Å². The lowest BCUT2D eigenvalue weighted by Crippen LogP contribution is -2.38. The SMILES string of the molecule is CC(=O)N(CCNS(=O)(=O)c1ccccc1C)c1ccccc1C(C)(C)C. The van der Waals surface area contributed by atoms with E-state index in [9.17, 15) is 13.2 Å². The Bertz CT molecular complexity index is 915. The first kappa shape index (κ1) is 21.1. The van der Waals surface area contributed by atoms with Crippen LogP contribution in [0.15, 0.2) is 53.4 Å². The first-order valence-corrected chi connectivity index (χ1v) is 10.5. The average molecular weight is 389 g/mol. The van der Waals surface area contributed by atoms with Crippen molar-refractivity contribution in [3.63, 3.8) is 0 Å². The van der Waals surface area contributed by atoms with Crippen LogP contribution in [0.3, 0.4) is 0 Å². The molecule has 0 saturated heterocycles. The van der Waals surface area contributed by atoms with Crippen molar-refractivity contribution in [1.82, 2.24) is 4.72 Å². The lowest BCUT2D eigenvalue weighted by molar-refractivity contribution is -0.116. The molecule has 0 aliphatic rings. The molecule has 0 atom stereocenters. The lowest BCUT2D eigenvalue weighted by Gasteiger charge is -2.29. The highest BCUT2D eigenvalue weighted by molar-refractivity contribution is 7.89. The minimum absolute atomic E-state index is 0.123. The molecule has 146 valence electrons. The zero-order valence-electron chi connectivity index (χ0n) is 16.6. The van der Waals surface area contributed by atoms with E-state index >= 15 is 0 Å². The van der Waals surface area contributed by atoms with Crippen molar-refractivity contribution in [1.29, 1.82) is 0 Å². The number of rotatable bonds is 6. The molecule has 5 nitrogen and oxygen atoms in total. The minimum atomic E-state index is -3.62. The van der Waals surface area contributed by atoms with Crippen molar-refractivity contribution in [3.05, 3.63) is 59.7 Å². The van der Waals surface area contributed by atoms with E-state index in [-0.39, 0.29) is 29.3 Å². The molecule has 0 fully saturated rings.